The van der Waals surface area contributed by atoms with Crippen LogP contribution >= 0.6 is 11.6 Å². The van der Waals surface area contributed by atoms with Crippen molar-refractivity contribution in [3.05, 3.63) is 87.7 Å². The lowest BCUT2D eigenvalue weighted by Gasteiger charge is -2.06. The summed E-state index contributed by atoms with van der Waals surface area (Å²) in [5, 5.41) is 7.43. The second kappa shape index (κ2) is 10.7. The Labute approximate surface area is 197 Å². The molecule has 0 aliphatic rings. The Balaban J connectivity index is 1.56. The molecule has 0 saturated carbocycles. The van der Waals surface area contributed by atoms with Crippen molar-refractivity contribution in [2.45, 2.75) is 27.3 Å². The van der Waals surface area contributed by atoms with Gasteiger partial charge in [0.15, 0.2) is 12.4 Å². The molecular formula is C25H24ClN3O4. The SMILES string of the molecule is CC(=O)c1cccc(NC(=O)COC(=O)/C=C/c2c(C)nn(Cc3ccc(C)cc3)c2Cl)c1. The van der Waals surface area contributed by atoms with Gasteiger partial charge in [-0.05, 0) is 44.5 Å². The third-order valence-electron chi connectivity index (χ3n) is 4.85. The molecule has 0 saturated heterocycles. The smallest absolute Gasteiger partial charge is 0.331 e. The molecule has 3 rings (SSSR count). The minimum atomic E-state index is -0.690. The fraction of sp³-hybridized carbons (Fsp3) is 0.200. The molecule has 0 bridgehead atoms. The molecule has 170 valence electrons. The standard InChI is InChI=1S/C25H24ClN3O4/c1-16-7-9-19(10-8-16)14-29-25(26)22(17(2)28-29)11-12-24(32)33-15-23(31)27-21-6-4-5-20(13-21)18(3)30/h4-13H,14-15H2,1-3H3,(H,27,31)/b12-11+. The molecule has 0 spiro atoms. The van der Waals surface area contributed by atoms with Gasteiger partial charge in [-0.15, -0.1) is 0 Å². The Morgan fingerprint density at radius 2 is 1.85 bits per heavy atom. The molecule has 0 fully saturated rings. The molecule has 0 radical (unpaired) electrons. The minimum absolute atomic E-state index is 0.112. The van der Waals surface area contributed by atoms with Gasteiger partial charge in [-0.2, -0.15) is 5.10 Å². The van der Waals surface area contributed by atoms with E-state index in [1.165, 1.54) is 24.6 Å². The summed E-state index contributed by atoms with van der Waals surface area (Å²) < 4.78 is 6.66. The van der Waals surface area contributed by atoms with E-state index in [1.807, 2.05) is 31.2 Å². The number of aromatic nitrogens is 2. The minimum Gasteiger partial charge on any atom is -0.452 e. The van der Waals surface area contributed by atoms with E-state index in [2.05, 4.69) is 10.4 Å². The fourth-order valence-corrected chi connectivity index (χ4v) is 3.37. The first-order chi connectivity index (χ1) is 15.7. The average molecular weight is 466 g/mol. The molecule has 1 N–H and O–H groups in total. The number of carbonyl (C=O) groups is 3. The number of carbonyl (C=O) groups excluding carboxylic acids is 3. The molecule has 0 aliphatic carbocycles. The molecule has 2 aromatic carbocycles. The van der Waals surface area contributed by atoms with Crippen LogP contribution < -0.4 is 5.32 Å². The van der Waals surface area contributed by atoms with Crippen LogP contribution in [0, 0.1) is 13.8 Å². The van der Waals surface area contributed by atoms with Crippen LogP contribution in [0.4, 0.5) is 5.69 Å². The highest BCUT2D eigenvalue weighted by atomic mass is 35.5. The second-order valence-corrected chi connectivity index (χ2v) is 7.92. The van der Waals surface area contributed by atoms with Gasteiger partial charge in [0.25, 0.3) is 5.91 Å². The number of ether oxygens (including phenoxy) is 1. The number of anilines is 1. The van der Waals surface area contributed by atoms with Crippen molar-refractivity contribution in [3.63, 3.8) is 0 Å². The molecule has 0 atom stereocenters. The zero-order valence-corrected chi connectivity index (χ0v) is 19.3. The van der Waals surface area contributed by atoms with Gasteiger partial charge >= 0.3 is 5.97 Å². The van der Waals surface area contributed by atoms with Crippen molar-refractivity contribution in [1.29, 1.82) is 0 Å². The highest BCUT2D eigenvalue weighted by Gasteiger charge is 2.13. The van der Waals surface area contributed by atoms with Gasteiger partial charge in [-0.25, -0.2) is 9.48 Å². The Kier molecular flexibility index (Phi) is 7.79. The molecule has 1 aromatic heterocycles. The van der Waals surface area contributed by atoms with Crippen LogP contribution in [0.3, 0.4) is 0 Å². The first kappa shape index (κ1) is 23.9. The Morgan fingerprint density at radius 3 is 2.55 bits per heavy atom. The van der Waals surface area contributed by atoms with E-state index in [1.54, 1.807) is 35.9 Å². The molecule has 0 aliphatic heterocycles. The summed E-state index contributed by atoms with van der Waals surface area (Å²) in [6, 6.07) is 14.6. The zero-order valence-electron chi connectivity index (χ0n) is 18.6. The lowest BCUT2D eigenvalue weighted by atomic mass is 10.1. The van der Waals surface area contributed by atoms with Crippen LogP contribution in [-0.4, -0.2) is 34.0 Å². The van der Waals surface area contributed by atoms with Gasteiger partial charge in [0.2, 0.25) is 0 Å². The van der Waals surface area contributed by atoms with Crippen LogP contribution in [0.1, 0.15) is 39.7 Å². The number of hydrogen-bond donors (Lipinski definition) is 1. The Hall–Kier alpha value is -3.71. The van der Waals surface area contributed by atoms with Crippen molar-refractivity contribution in [2.24, 2.45) is 0 Å². The largest absolute Gasteiger partial charge is 0.452 e. The van der Waals surface area contributed by atoms with E-state index in [0.29, 0.717) is 34.2 Å². The number of nitrogens with zero attached hydrogens (tertiary/aromatic N) is 2. The van der Waals surface area contributed by atoms with Crippen molar-refractivity contribution >= 4 is 41.0 Å². The molecule has 3 aromatic rings. The summed E-state index contributed by atoms with van der Waals surface area (Å²) in [4.78, 5) is 35.5. The van der Waals surface area contributed by atoms with Crippen LogP contribution in [0.15, 0.2) is 54.6 Å². The lowest BCUT2D eigenvalue weighted by Crippen LogP contribution is -2.20. The number of ketones is 1. The van der Waals surface area contributed by atoms with Crippen LogP contribution in [-0.2, 0) is 20.9 Å². The van der Waals surface area contributed by atoms with Crippen LogP contribution in [0.2, 0.25) is 5.15 Å². The van der Waals surface area contributed by atoms with Crippen molar-refractivity contribution < 1.29 is 19.1 Å². The summed E-state index contributed by atoms with van der Waals surface area (Å²) in [5.41, 5.74) is 4.41. The average Bonchev–Trinajstić information content (AvgIpc) is 3.04. The predicted molar refractivity (Wildman–Crippen MR) is 127 cm³/mol. The number of rotatable bonds is 8. The predicted octanol–water partition coefficient (Wildman–Crippen LogP) is 4.60. The quantitative estimate of drug-likeness (QED) is 0.298. The summed E-state index contributed by atoms with van der Waals surface area (Å²) >= 11 is 6.46. The van der Waals surface area contributed by atoms with Crippen molar-refractivity contribution in [1.82, 2.24) is 9.78 Å². The highest BCUT2D eigenvalue weighted by molar-refractivity contribution is 6.31. The maximum Gasteiger partial charge on any atom is 0.331 e. The number of amides is 1. The maximum absolute atomic E-state index is 12.1. The summed E-state index contributed by atoms with van der Waals surface area (Å²) in [7, 11) is 0. The normalized spacial score (nSPS) is 10.9. The van der Waals surface area contributed by atoms with E-state index in [9.17, 15) is 14.4 Å². The number of nitrogens with one attached hydrogen (secondary N) is 1. The van der Waals surface area contributed by atoms with Gasteiger partial charge in [0.1, 0.15) is 5.15 Å². The van der Waals surface area contributed by atoms with Crippen molar-refractivity contribution in [2.75, 3.05) is 11.9 Å². The van der Waals surface area contributed by atoms with Gasteiger partial charge < -0.3 is 10.1 Å². The molecule has 8 heteroatoms. The number of Topliss-reactive ketones (excluding diaryl/α,β-unsaturated/α-hetero) is 1. The van der Waals surface area contributed by atoms with E-state index in [4.69, 9.17) is 16.3 Å². The van der Waals surface area contributed by atoms with E-state index >= 15 is 0 Å². The van der Waals surface area contributed by atoms with Gasteiger partial charge in [0.05, 0.1) is 12.2 Å². The van der Waals surface area contributed by atoms with Crippen molar-refractivity contribution in [3.8, 4) is 0 Å². The summed E-state index contributed by atoms with van der Waals surface area (Å²) in [6.07, 6.45) is 2.72. The highest BCUT2D eigenvalue weighted by Crippen LogP contribution is 2.22. The van der Waals surface area contributed by atoms with E-state index < -0.39 is 18.5 Å². The van der Waals surface area contributed by atoms with E-state index in [-0.39, 0.29) is 5.78 Å². The number of esters is 1. The Bertz CT molecular complexity index is 1210. The molecular weight excluding hydrogens is 442 g/mol. The second-order valence-electron chi connectivity index (χ2n) is 7.56. The Morgan fingerprint density at radius 1 is 1.12 bits per heavy atom. The fourth-order valence-electron chi connectivity index (χ4n) is 3.08. The first-order valence-electron chi connectivity index (χ1n) is 10.3. The topological polar surface area (TPSA) is 90.3 Å². The number of halogens is 1. The molecule has 7 nitrogen and oxygen atoms in total. The molecule has 0 unspecified atom stereocenters. The number of benzene rings is 2. The van der Waals surface area contributed by atoms with Gasteiger partial charge in [-0.3, -0.25) is 9.59 Å². The third kappa shape index (κ3) is 6.63. The van der Waals surface area contributed by atoms with E-state index in [0.717, 1.165) is 5.56 Å². The first-order valence-corrected chi connectivity index (χ1v) is 10.6. The summed E-state index contributed by atoms with van der Waals surface area (Å²) in [5.74, 6) is -1.32. The zero-order chi connectivity index (χ0) is 24.0. The van der Waals surface area contributed by atoms with Gasteiger partial charge in [-0.1, -0.05) is 53.6 Å². The molecule has 1 amide bonds. The summed E-state index contributed by atoms with van der Waals surface area (Å²) in [6.45, 7) is 5.29. The number of hydrogen-bond acceptors (Lipinski definition) is 5. The monoisotopic (exact) mass is 465 g/mol. The lowest BCUT2D eigenvalue weighted by molar-refractivity contribution is -0.142. The maximum atomic E-state index is 12.1. The van der Waals surface area contributed by atoms with Crippen LogP contribution in [0.5, 0.6) is 0 Å². The number of aryl methyl sites for hydroxylation is 2. The molecule has 1 heterocycles. The van der Waals surface area contributed by atoms with Crippen LogP contribution in [0.25, 0.3) is 6.08 Å². The third-order valence-corrected chi connectivity index (χ3v) is 5.25. The van der Waals surface area contributed by atoms with Gasteiger partial charge in [0, 0.05) is 22.9 Å². The molecule has 33 heavy (non-hydrogen) atoms.